The van der Waals surface area contributed by atoms with Crippen LogP contribution in [0, 0.1) is 0 Å². The van der Waals surface area contributed by atoms with Crippen molar-refractivity contribution >= 4 is 52.7 Å². The first-order chi connectivity index (χ1) is 18.4. The maximum atomic E-state index is 12.6. The average molecular weight is 593 g/mol. The van der Waals surface area contributed by atoms with Gasteiger partial charge in [0.25, 0.3) is 0 Å². The summed E-state index contributed by atoms with van der Waals surface area (Å²) in [7, 11) is 0. The van der Waals surface area contributed by atoms with Crippen LogP contribution < -0.4 is 9.47 Å². The number of likely N-dealkylation sites (tertiary alicyclic amines) is 1. The monoisotopic (exact) mass is 591 g/mol. The van der Waals surface area contributed by atoms with E-state index in [-0.39, 0.29) is 30.7 Å². The molecule has 2 aliphatic rings. The largest absolute Gasteiger partial charge is 0.493 e. The van der Waals surface area contributed by atoms with Crippen molar-refractivity contribution in [3.05, 3.63) is 93.0 Å². The van der Waals surface area contributed by atoms with Crippen LogP contribution in [0.5, 0.6) is 11.5 Å². The maximum Gasteiger partial charge on any atom is 0.335 e. The van der Waals surface area contributed by atoms with Crippen molar-refractivity contribution in [2.45, 2.75) is 25.4 Å². The summed E-state index contributed by atoms with van der Waals surface area (Å²) in [5.74, 6) is 0.230. The molecule has 1 atom stereocenters. The minimum absolute atomic E-state index is 0. The van der Waals surface area contributed by atoms with E-state index in [2.05, 4.69) is 4.90 Å². The molecule has 0 aliphatic carbocycles. The Kier molecular flexibility index (Phi) is 9.78. The van der Waals surface area contributed by atoms with E-state index in [0.29, 0.717) is 35.2 Å². The summed E-state index contributed by atoms with van der Waals surface area (Å²) in [6, 6.07) is 18.3. The molecule has 1 fully saturated rings. The molecule has 0 bridgehead atoms. The fourth-order valence-electron chi connectivity index (χ4n) is 5.16. The molecule has 0 aromatic heterocycles. The number of alkyl halides is 1. The second-order valence-corrected chi connectivity index (χ2v) is 10.3. The van der Waals surface area contributed by atoms with E-state index >= 15 is 0 Å². The molecule has 1 unspecified atom stereocenters. The predicted octanol–water partition coefficient (Wildman–Crippen LogP) is 7.67. The van der Waals surface area contributed by atoms with Crippen molar-refractivity contribution in [2.75, 3.05) is 32.9 Å². The van der Waals surface area contributed by atoms with E-state index in [9.17, 15) is 14.3 Å². The number of fused-ring (bicyclic) bond motifs is 1. The van der Waals surface area contributed by atoms with Crippen molar-refractivity contribution in [1.82, 2.24) is 4.90 Å². The number of rotatable bonds is 8. The lowest BCUT2D eigenvalue weighted by atomic mass is 9.87. The van der Waals surface area contributed by atoms with Gasteiger partial charge in [0.1, 0.15) is 17.6 Å². The number of benzene rings is 3. The number of hydrogen-bond acceptors (Lipinski definition) is 4. The van der Waals surface area contributed by atoms with Gasteiger partial charge in [0, 0.05) is 41.7 Å². The van der Waals surface area contributed by atoms with E-state index in [0.717, 1.165) is 59.6 Å². The third-order valence-corrected chi connectivity index (χ3v) is 7.48. The Morgan fingerprint density at radius 1 is 1.10 bits per heavy atom. The Hall–Kier alpha value is -2.77. The highest BCUT2D eigenvalue weighted by Gasteiger charge is 2.26. The smallest absolute Gasteiger partial charge is 0.335 e. The molecule has 1 saturated heterocycles. The molecule has 39 heavy (non-hydrogen) atoms. The highest BCUT2D eigenvalue weighted by Crippen LogP contribution is 2.44. The minimum atomic E-state index is -1.01. The van der Waals surface area contributed by atoms with Gasteiger partial charge < -0.3 is 14.6 Å². The Labute approximate surface area is 243 Å². The zero-order valence-corrected chi connectivity index (χ0v) is 23.5. The normalized spacial score (nSPS) is 17.2. The second kappa shape index (κ2) is 13.1. The van der Waals surface area contributed by atoms with Crippen LogP contribution in [0.15, 0.2) is 60.7 Å². The summed E-state index contributed by atoms with van der Waals surface area (Å²) in [5, 5.41) is 10.6. The van der Waals surface area contributed by atoms with Crippen LogP contribution in [0.25, 0.3) is 11.1 Å². The van der Waals surface area contributed by atoms with Gasteiger partial charge in [-0.1, -0.05) is 41.4 Å². The molecule has 2 heterocycles. The van der Waals surface area contributed by atoms with Gasteiger partial charge in [-0.3, -0.25) is 9.29 Å². The van der Waals surface area contributed by atoms with Gasteiger partial charge in [-0.25, -0.2) is 4.79 Å². The lowest BCUT2D eigenvalue weighted by Crippen LogP contribution is -2.26. The topological polar surface area (TPSA) is 59.0 Å². The van der Waals surface area contributed by atoms with E-state index in [1.807, 2.05) is 36.4 Å². The van der Waals surface area contributed by atoms with Crippen LogP contribution in [0.1, 0.15) is 46.3 Å². The van der Waals surface area contributed by atoms with Gasteiger partial charge in [-0.15, -0.1) is 12.4 Å². The van der Waals surface area contributed by atoms with Crippen LogP contribution in [0.4, 0.5) is 4.39 Å². The SMILES string of the molecule is Cl.O=C(O)c1ccc2c(c1)OCCC(c1ccc(Cl)cc1Cl)=C2c1cccc(OC2CCN(CCCF)C2)c1. The third kappa shape index (κ3) is 6.69. The van der Waals surface area contributed by atoms with Crippen molar-refractivity contribution in [3.63, 3.8) is 0 Å². The molecular formula is C30H29Cl3FNO4. The van der Waals surface area contributed by atoms with Gasteiger partial charge in [0.15, 0.2) is 0 Å². The van der Waals surface area contributed by atoms with Crippen molar-refractivity contribution in [2.24, 2.45) is 0 Å². The number of carboxylic acids is 1. The Bertz CT molecular complexity index is 1380. The number of aromatic carboxylic acids is 1. The van der Waals surface area contributed by atoms with E-state index in [1.54, 1.807) is 24.3 Å². The highest BCUT2D eigenvalue weighted by atomic mass is 35.5. The second-order valence-electron chi connectivity index (χ2n) is 9.49. The molecule has 3 aromatic carbocycles. The molecule has 0 radical (unpaired) electrons. The summed E-state index contributed by atoms with van der Waals surface area (Å²) < 4.78 is 25.0. The van der Waals surface area contributed by atoms with Gasteiger partial charge in [-0.2, -0.15) is 0 Å². The summed E-state index contributed by atoms with van der Waals surface area (Å²) in [6.45, 7) is 2.46. The fraction of sp³-hybridized carbons (Fsp3) is 0.300. The van der Waals surface area contributed by atoms with E-state index in [1.165, 1.54) is 0 Å². The molecule has 0 amide bonds. The van der Waals surface area contributed by atoms with Gasteiger partial charge in [0.05, 0.1) is 18.8 Å². The van der Waals surface area contributed by atoms with Crippen LogP contribution in [0.3, 0.4) is 0 Å². The summed E-state index contributed by atoms with van der Waals surface area (Å²) in [6.07, 6.45) is 2.02. The van der Waals surface area contributed by atoms with Crippen molar-refractivity contribution in [1.29, 1.82) is 0 Å². The standard InChI is InChI=1S/C30H28Cl2FNO4.ClH/c31-21-6-8-24(27(32)17-21)25-10-14-37-28-16-20(30(35)36)5-7-26(28)29(25)19-3-1-4-22(15-19)38-23-9-13-34(18-23)12-2-11-33;/h1,3-8,15-17,23H,2,9-14,18H2,(H,35,36);1H. The first-order valence-corrected chi connectivity index (χ1v) is 13.4. The molecule has 5 nitrogen and oxygen atoms in total. The highest BCUT2D eigenvalue weighted by molar-refractivity contribution is 6.36. The molecule has 206 valence electrons. The van der Waals surface area contributed by atoms with Gasteiger partial charge >= 0.3 is 5.97 Å². The lowest BCUT2D eigenvalue weighted by Gasteiger charge is -2.19. The average Bonchev–Trinajstić information content (AvgIpc) is 3.25. The molecular weight excluding hydrogens is 564 g/mol. The number of hydrogen-bond donors (Lipinski definition) is 1. The number of carbonyl (C=O) groups is 1. The van der Waals surface area contributed by atoms with Crippen LogP contribution in [-0.2, 0) is 0 Å². The van der Waals surface area contributed by atoms with Crippen molar-refractivity contribution in [3.8, 4) is 11.5 Å². The molecule has 0 saturated carbocycles. The number of ether oxygens (including phenoxy) is 2. The Morgan fingerprint density at radius 2 is 1.92 bits per heavy atom. The molecule has 0 spiro atoms. The number of halogens is 4. The first kappa shape index (κ1) is 29.2. The molecule has 2 aliphatic heterocycles. The zero-order valence-electron chi connectivity index (χ0n) is 21.2. The van der Waals surface area contributed by atoms with E-state index < -0.39 is 5.97 Å². The first-order valence-electron chi connectivity index (χ1n) is 12.7. The zero-order chi connectivity index (χ0) is 26.6. The molecule has 3 aromatic rings. The molecule has 1 N–H and O–H groups in total. The minimum Gasteiger partial charge on any atom is -0.493 e. The predicted molar refractivity (Wildman–Crippen MR) is 156 cm³/mol. The summed E-state index contributed by atoms with van der Waals surface area (Å²) >= 11 is 12.9. The Balaban J connectivity index is 0.00000353. The van der Waals surface area contributed by atoms with Crippen LogP contribution in [0.2, 0.25) is 10.0 Å². The quantitative estimate of drug-likeness (QED) is 0.291. The fourth-order valence-corrected chi connectivity index (χ4v) is 5.68. The molecule has 9 heteroatoms. The van der Waals surface area contributed by atoms with Gasteiger partial charge in [0.2, 0.25) is 0 Å². The van der Waals surface area contributed by atoms with Crippen LogP contribution in [-0.4, -0.2) is 55.0 Å². The van der Waals surface area contributed by atoms with Gasteiger partial charge in [-0.05, 0) is 77.6 Å². The maximum absolute atomic E-state index is 12.6. The number of carboxylic acid groups (broad SMARTS) is 1. The summed E-state index contributed by atoms with van der Waals surface area (Å²) in [5.41, 5.74) is 4.57. The number of nitrogens with zero attached hydrogens (tertiary/aromatic N) is 1. The lowest BCUT2D eigenvalue weighted by molar-refractivity contribution is 0.0696. The van der Waals surface area contributed by atoms with E-state index in [4.69, 9.17) is 32.7 Å². The molecule has 5 rings (SSSR count). The van der Waals surface area contributed by atoms with Crippen LogP contribution >= 0.6 is 35.6 Å². The van der Waals surface area contributed by atoms with Crippen molar-refractivity contribution < 1.29 is 23.8 Å². The summed E-state index contributed by atoms with van der Waals surface area (Å²) in [4.78, 5) is 13.9. The third-order valence-electron chi connectivity index (χ3n) is 6.93. The Morgan fingerprint density at radius 3 is 2.69 bits per heavy atom.